The highest BCUT2D eigenvalue weighted by molar-refractivity contribution is 7.10. The van der Waals surface area contributed by atoms with Gasteiger partial charge < -0.3 is 24.5 Å². The second kappa shape index (κ2) is 10.2. The molecule has 0 bridgehead atoms. The highest BCUT2D eigenvalue weighted by Crippen LogP contribution is 2.39. The predicted octanol–water partition coefficient (Wildman–Crippen LogP) is 3.63. The second-order valence-electron chi connectivity index (χ2n) is 8.37. The summed E-state index contributed by atoms with van der Waals surface area (Å²) in [5.74, 6) is -0.0823. The molecule has 1 fully saturated rings. The molecule has 3 aromatic rings. The topological polar surface area (TPSA) is 110 Å². The maximum Gasteiger partial charge on any atom is 0.287 e. The molecule has 2 aromatic heterocycles. The average Bonchev–Trinajstić information content (AvgIpc) is 3.68. The molecule has 35 heavy (non-hydrogen) atoms. The van der Waals surface area contributed by atoms with Gasteiger partial charge in [0.2, 0.25) is 18.6 Å². The molecule has 0 spiro atoms. The molecule has 1 aliphatic heterocycles. The van der Waals surface area contributed by atoms with E-state index in [1.54, 1.807) is 24.3 Å². The van der Waals surface area contributed by atoms with Crippen molar-refractivity contribution in [1.29, 1.82) is 0 Å². The number of ether oxygens (including phenoxy) is 2. The summed E-state index contributed by atoms with van der Waals surface area (Å²) < 4.78 is 16.0. The van der Waals surface area contributed by atoms with E-state index in [4.69, 9.17) is 13.9 Å². The number of thiophene rings is 1. The molecule has 1 aromatic carbocycles. The maximum absolute atomic E-state index is 13.6. The zero-order valence-corrected chi connectivity index (χ0v) is 19.7. The number of hydrogen-bond acceptors (Lipinski definition) is 7. The van der Waals surface area contributed by atoms with Crippen LogP contribution in [0.1, 0.15) is 47.2 Å². The number of nitrogens with zero attached hydrogens (tertiary/aromatic N) is 1. The molecule has 3 heterocycles. The van der Waals surface area contributed by atoms with Crippen molar-refractivity contribution in [3.8, 4) is 11.5 Å². The van der Waals surface area contributed by atoms with E-state index in [0.29, 0.717) is 22.1 Å². The van der Waals surface area contributed by atoms with Crippen LogP contribution in [0.2, 0.25) is 0 Å². The lowest BCUT2D eigenvalue weighted by atomic mass is 10.1. The van der Waals surface area contributed by atoms with E-state index in [-0.39, 0.29) is 31.0 Å². The van der Waals surface area contributed by atoms with Gasteiger partial charge in [0.15, 0.2) is 17.3 Å². The number of carbonyl (C=O) groups excluding carboxylic acids is 3. The fourth-order valence-electron chi connectivity index (χ4n) is 4.38. The fourth-order valence-corrected chi connectivity index (χ4v) is 5.19. The van der Waals surface area contributed by atoms with Gasteiger partial charge >= 0.3 is 0 Å². The third kappa shape index (κ3) is 5.02. The van der Waals surface area contributed by atoms with Crippen LogP contribution < -0.4 is 25.0 Å². The van der Waals surface area contributed by atoms with Crippen LogP contribution in [0.3, 0.4) is 0 Å². The molecule has 2 aliphatic rings. The Kier molecular flexibility index (Phi) is 6.71. The number of hydrogen-bond donors (Lipinski definition) is 2. The summed E-state index contributed by atoms with van der Waals surface area (Å²) in [4.78, 5) is 41.8. The first-order chi connectivity index (χ1) is 17.1. The first kappa shape index (κ1) is 23.0. The van der Waals surface area contributed by atoms with Crippen molar-refractivity contribution in [2.24, 2.45) is 0 Å². The van der Waals surface area contributed by atoms with Crippen LogP contribution in [-0.4, -0.2) is 37.1 Å². The second-order valence-corrected chi connectivity index (χ2v) is 9.35. The van der Waals surface area contributed by atoms with Crippen molar-refractivity contribution in [3.63, 3.8) is 0 Å². The number of carbonyl (C=O) groups is 3. The molecule has 9 nitrogen and oxygen atoms in total. The van der Waals surface area contributed by atoms with E-state index in [0.717, 1.165) is 25.7 Å². The Morgan fingerprint density at radius 1 is 1.06 bits per heavy atom. The minimum atomic E-state index is -0.913. The van der Waals surface area contributed by atoms with E-state index in [2.05, 4.69) is 10.6 Å². The molecule has 0 saturated heterocycles. The molecule has 1 aliphatic carbocycles. The lowest BCUT2D eigenvalue weighted by Gasteiger charge is -2.31. The number of fused-ring (bicyclic) bond motifs is 1. The quantitative estimate of drug-likeness (QED) is 0.494. The van der Waals surface area contributed by atoms with Crippen molar-refractivity contribution in [1.82, 2.24) is 10.6 Å². The minimum absolute atomic E-state index is 0.0809. The standard InChI is InChI=1S/C25H25N3O6S/c29-22(14-26-24(30)19-7-3-11-32-19)28(17-9-10-18-20(13-17)34-15-33-18)23(21-8-4-12-35-21)25(31)27-16-5-1-2-6-16/h3-4,7-13,16,23H,1-2,5-6,14-15H2,(H,26,30)(H,27,31)/t23-/m1/s1. The molecule has 0 unspecified atom stereocenters. The molecule has 1 atom stereocenters. The summed E-state index contributed by atoms with van der Waals surface area (Å²) in [5.41, 5.74) is 0.464. The van der Waals surface area contributed by atoms with Gasteiger partial charge in [-0.05, 0) is 48.6 Å². The largest absolute Gasteiger partial charge is 0.459 e. The van der Waals surface area contributed by atoms with Crippen LogP contribution in [0.25, 0.3) is 0 Å². The van der Waals surface area contributed by atoms with Crippen molar-refractivity contribution in [2.45, 2.75) is 37.8 Å². The van der Waals surface area contributed by atoms with E-state index < -0.39 is 17.9 Å². The molecule has 3 amide bonds. The predicted molar refractivity (Wildman–Crippen MR) is 129 cm³/mol. The van der Waals surface area contributed by atoms with Crippen LogP contribution >= 0.6 is 11.3 Å². The highest BCUT2D eigenvalue weighted by atomic mass is 32.1. The van der Waals surface area contributed by atoms with Gasteiger partial charge in [0, 0.05) is 22.7 Å². The van der Waals surface area contributed by atoms with Gasteiger partial charge in [-0.2, -0.15) is 0 Å². The summed E-state index contributed by atoms with van der Waals surface area (Å²) in [6.07, 6.45) is 5.35. The van der Waals surface area contributed by atoms with Gasteiger partial charge in [-0.1, -0.05) is 18.9 Å². The number of rotatable bonds is 8. The summed E-state index contributed by atoms with van der Waals surface area (Å²) in [6, 6.07) is 11.0. The Labute approximate surface area is 206 Å². The number of nitrogens with one attached hydrogen (secondary N) is 2. The smallest absolute Gasteiger partial charge is 0.287 e. The highest BCUT2D eigenvalue weighted by Gasteiger charge is 2.35. The lowest BCUT2D eigenvalue weighted by Crippen LogP contribution is -2.49. The minimum Gasteiger partial charge on any atom is -0.459 e. The van der Waals surface area contributed by atoms with Gasteiger partial charge in [-0.3, -0.25) is 19.3 Å². The first-order valence-corrected chi connectivity index (χ1v) is 12.4. The Balaban J connectivity index is 1.46. The number of furan rings is 1. The van der Waals surface area contributed by atoms with Gasteiger partial charge in [0.25, 0.3) is 5.91 Å². The van der Waals surface area contributed by atoms with Gasteiger partial charge in [0.05, 0.1) is 12.8 Å². The summed E-state index contributed by atoms with van der Waals surface area (Å²) in [7, 11) is 0. The van der Waals surface area contributed by atoms with Gasteiger partial charge in [-0.25, -0.2) is 0 Å². The molecule has 2 N–H and O–H groups in total. The third-order valence-corrected chi connectivity index (χ3v) is 6.99. The maximum atomic E-state index is 13.6. The molecule has 1 saturated carbocycles. The van der Waals surface area contributed by atoms with Gasteiger partial charge in [0.1, 0.15) is 6.04 Å². The van der Waals surface area contributed by atoms with Crippen LogP contribution in [0.4, 0.5) is 5.69 Å². The summed E-state index contributed by atoms with van der Waals surface area (Å²) >= 11 is 1.39. The van der Waals surface area contributed by atoms with Crippen LogP contribution in [-0.2, 0) is 9.59 Å². The molecular weight excluding hydrogens is 470 g/mol. The Bertz CT molecular complexity index is 1190. The molecule has 0 radical (unpaired) electrons. The van der Waals surface area contributed by atoms with Crippen molar-refractivity contribution in [3.05, 3.63) is 64.7 Å². The molecule has 5 rings (SSSR count). The molecule has 182 valence electrons. The van der Waals surface area contributed by atoms with E-state index in [1.165, 1.54) is 28.6 Å². The Morgan fingerprint density at radius 2 is 1.89 bits per heavy atom. The summed E-state index contributed by atoms with van der Waals surface area (Å²) in [5, 5.41) is 7.59. The molecular formula is C25H25N3O6S. The van der Waals surface area contributed by atoms with E-state index in [9.17, 15) is 14.4 Å². The SMILES string of the molecule is O=C(NCC(=O)N(c1ccc2c(c1)OCO2)[C@@H](C(=O)NC1CCCC1)c1cccs1)c1ccco1. The van der Waals surface area contributed by atoms with Crippen LogP contribution in [0.5, 0.6) is 11.5 Å². The van der Waals surface area contributed by atoms with Crippen LogP contribution in [0, 0.1) is 0 Å². The number of amides is 3. The number of benzene rings is 1. The Hall–Kier alpha value is -3.79. The zero-order chi connectivity index (χ0) is 24.2. The van der Waals surface area contributed by atoms with E-state index in [1.807, 2.05) is 17.5 Å². The average molecular weight is 496 g/mol. The monoisotopic (exact) mass is 495 g/mol. The van der Waals surface area contributed by atoms with Crippen molar-refractivity contribution >= 4 is 34.7 Å². The molecule has 10 heteroatoms. The first-order valence-electron chi connectivity index (χ1n) is 11.5. The third-order valence-electron chi connectivity index (χ3n) is 6.07. The van der Waals surface area contributed by atoms with Gasteiger partial charge in [-0.15, -0.1) is 11.3 Å². The van der Waals surface area contributed by atoms with Crippen molar-refractivity contribution in [2.75, 3.05) is 18.2 Å². The fraction of sp³-hybridized carbons (Fsp3) is 0.320. The van der Waals surface area contributed by atoms with Crippen LogP contribution in [0.15, 0.2) is 58.5 Å². The lowest BCUT2D eigenvalue weighted by molar-refractivity contribution is -0.126. The summed E-state index contributed by atoms with van der Waals surface area (Å²) in [6.45, 7) is -0.241. The van der Waals surface area contributed by atoms with Crippen molar-refractivity contribution < 1.29 is 28.3 Å². The zero-order valence-electron chi connectivity index (χ0n) is 18.9. The Morgan fingerprint density at radius 3 is 2.63 bits per heavy atom. The normalized spacial score (nSPS) is 15.5. The number of anilines is 1. The van der Waals surface area contributed by atoms with E-state index >= 15 is 0 Å².